The number of hydrogen-bond acceptors (Lipinski definition) is 5. The fourth-order valence-corrected chi connectivity index (χ4v) is 2.03. The lowest BCUT2D eigenvalue weighted by atomic mass is 10.2. The number of anilines is 1. The zero-order valence-corrected chi connectivity index (χ0v) is 12.7. The zero-order valence-electron chi connectivity index (χ0n) is 11.8. The van der Waals surface area contributed by atoms with Crippen LogP contribution < -0.4 is 5.32 Å². The molecule has 1 rings (SSSR count). The second kappa shape index (κ2) is 8.74. The van der Waals surface area contributed by atoms with Gasteiger partial charge in [-0.2, -0.15) is 11.8 Å². The Balaban J connectivity index is 2.30. The quantitative estimate of drug-likeness (QED) is 0.740. The predicted octanol–water partition coefficient (Wildman–Crippen LogP) is 2.12. The molecule has 0 radical (unpaired) electrons. The molecule has 0 unspecified atom stereocenters. The van der Waals surface area contributed by atoms with E-state index in [4.69, 9.17) is 0 Å². The molecule has 106 valence electrons. The normalized spacial score (nSPS) is 10.3. The van der Waals surface area contributed by atoms with E-state index in [1.807, 2.05) is 11.8 Å². The summed E-state index contributed by atoms with van der Waals surface area (Å²) in [6.45, 7) is 0.893. The molecule has 0 aliphatic heterocycles. The highest BCUT2D eigenvalue weighted by molar-refractivity contribution is 7.98. The Morgan fingerprint density at radius 1 is 1.26 bits per heavy atom. The van der Waals surface area contributed by atoms with Gasteiger partial charge in [-0.25, -0.2) is 0 Å². The number of thioether (sulfide) groups is 1. The molecular weight excluding hydrogens is 260 g/mol. The Bertz CT molecular complexity index is 381. The van der Waals surface area contributed by atoms with Gasteiger partial charge in [0, 0.05) is 20.6 Å². The predicted molar refractivity (Wildman–Crippen MR) is 80.8 cm³/mol. The second-order valence-corrected chi connectivity index (χ2v) is 5.47. The molecule has 19 heavy (non-hydrogen) atoms. The third-order valence-corrected chi connectivity index (χ3v) is 3.32. The minimum atomic E-state index is -0.129. The van der Waals surface area contributed by atoms with Crippen molar-refractivity contribution in [2.75, 3.05) is 38.0 Å². The maximum Gasteiger partial charge on any atom is 0.273 e. The summed E-state index contributed by atoms with van der Waals surface area (Å²) in [5.74, 6) is 1.82. The van der Waals surface area contributed by atoms with Crippen LogP contribution in [0, 0.1) is 0 Å². The topological polar surface area (TPSA) is 58.1 Å². The molecule has 5 nitrogen and oxygen atoms in total. The van der Waals surface area contributed by atoms with Crippen molar-refractivity contribution in [1.29, 1.82) is 0 Å². The van der Waals surface area contributed by atoms with Gasteiger partial charge < -0.3 is 10.2 Å². The molecule has 0 atom stereocenters. The van der Waals surface area contributed by atoms with Crippen molar-refractivity contribution in [2.24, 2.45) is 0 Å². The van der Waals surface area contributed by atoms with Crippen molar-refractivity contribution in [1.82, 2.24) is 15.1 Å². The summed E-state index contributed by atoms with van der Waals surface area (Å²) in [7, 11) is 3.40. The number of unbranched alkanes of at least 4 members (excludes halogenated alkanes) is 2. The first-order valence-electron chi connectivity index (χ1n) is 6.43. The summed E-state index contributed by atoms with van der Waals surface area (Å²) < 4.78 is 0. The third-order valence-electron chi connectivity index (χ3n) is 2.62. The Hall–Kier alpha value is -1.30. The minimum absolute atomic E-state index is 0.129. The van der Waals surface area contributed by atoms with Gasteiger partial charge in [0.25, 0.3) is 5.91 Å². The average molecular weight is 282 g/mol. The molecule has 0 aliphatic rings. The van der Waals surface area contributed by atoms with E-state index in [-0.39, 0.29) is 5.91 Å². The highest BCUT2D eigenvalue weighted by atomic mass is 32.2. The molecule has 0 fully saturated rings. The summed E-state index contributed by atoms with van der Waals surface area (Å²) >= 11 is 1.88. The average Bonchev–Trinajstić information content (AvgIpc) is 2.42. The van der Waals surface area contributed by atoms with E-state index in [1.165, 1.54) is 23.5 Å². The first-order chi connectivity index (χ1) is 9.15. The lowest BCUT2D eigenvalue weighted by Crippen LogP contribution is -2.23. The van der Waals surface area contributed by atoms with Crippen LogP contribution in [0.25, 0.3) is 0 Å². The van der Waals surface area contributed by atoms with Crippen LogP contribution in [-0.4, -0.2) is 53.7 Å². The summed E-state index contributed by atoms with van der Waals surface area (Å²) in [5.41, 5.74) is 0.371. The highest BCUT2D eigenvalue weighted by Crippen LogP contribution is 2.06. The van der Waals surface area contributed by atoms with E-state index < -0.39 is 0 Å². The van der Waals surface area contributed by atoms with Crippen molar-refractivity contribution < 1.29 is 4.79 Å². The van der Waals surface area contributed by atoms with Gasteiger partial charge in [-0.15, -0.1) is 10.2 Å². The van der Waals surface area contributed by atoms with E-state index in [9.17, 15) is 4.79 Å². The van der Waals surface area contributed by atoms with E-state index in [0.29, 0.717) is 5.69 Å². The molecule has 0 bridgehead atoms. The highest BCUT2D eigenvalue weighted by Gasteiger charge is 2.09. The van der Waals surface area contributed by atoms with Crippen molar-refractivity contribution >= 4 is 23.5 Å². The van der Waals surface area contributed by atoms with Crippen molar-refractivity contribution in [3.8, 4) is 0 Å². The van der Waals surface area contributed by atoms with Gasteiger partial charge in [0.2, 0.25) is 0 Å². The van der Waals surface area contributed by atoms with Crippen LogP contribution in [0.5, 0.6) is 0 Å². The number of nitrogens with one attached hydrogen (secondary N) is 1. The Morgan fingerprint density at radius 3 is 2.63 bits per heavy atom. The summed E-state index contributed by atoms with van der Waals surface area (Å²) in [6.07, 6.45) is 5.73. The van der Waals surface area contributed by atoms with Crippen molar-refractivity contribution in [3.05, 3.63) is 17.8 Å². The number of carbonyl (C=O) groups excluding carboxylic acids is 1. The summed E-state index contributed by atoms with van der Waals surface area (Å²) in [4.78, 5) is 13.1. The van der Waals surface area contributed by atoms with E-state index >= 15 is 0 Å². The molecule has 0 saturated carbocycles. The number of rotatable bonds is 8. The monoisotopic (exact) mass is 282 g/mol. The molecule has 1 N–H and O–H groups in total. The maximum absolute atomic E-state index is 11.6. The molecular formula is C13H22N4OS. The van der Waals surface area contributed by atoms with Gasteiger partial charge in [0.1, 0.15) is 5.82 Å². The van der Waals surface area contributed by atoms with E-state index in [1.54, 1.807) is 26.2 Å². The molecule has 1 aromatic heterocycles. The molecule has 1 heterocycles. The van der Waals surface area contributed by atoms with Crippen molar-refractivity contribution in [2.45, 2.75) is 19.3 Å². The van der Waals surface area contributed by atoms with Crippen LogP contribution in [-0.2, 0) is 0 Å². The maximum atomic E-state index is 11.6. The van der Waals surface area contributed by atoms with Gasteiger partial charge in [-0.3, -0.25) is 4.79 Å². The first-order valence-corrected chi connectivity index (χ1v) is 7.82. The molecule has 0 aliphatic carbocycles. The van der Waals surface area contributed by atoms with Gasteiger partial charge in [-0.05, 0) is 37.0 Å². The molecule has 1 aromatic rings. The van der Waals surface area contributed by atoms with Crippen molar-refractivity contribution in [3.63, 3.8) is 0 Å². The third kappa shape index (κ3) is 5.92. The van der Waals surface area contributed by atoms with Crippen LogP contribution in [0.4, 0.5) is 5.82 Å². The summed E-state index contributed by atoms with van der Waals surface area (Å²) in [5, 5.41) is 11.1. The van der Waals surface area contributed by atoms with Gasteiger partial charge in [0.05, 0.1) is 0 Å². The molecule has 0 spiro atoms. The number of aromatic nitrogens is 2. The number of amides is 1. The fourth-order valence-electron chi connectivity index (χ4n) is 1.53. The largest absolute Gasteiger partial charge is 0.369 e. The first kappa shape index (κ1) is 15.8. The Kier molecular flexibility index (Phi) is 7.25. The van der Waals surface area contributed by atoms with E-state index in [2.05, 4.69) is 21.8 Å². The lowest BCUT2D eigenvalue weighted by molar-refractivity contribution is 0.0821. The van der Waals surface area contributed by atoms with Gasteiger partial charge in [-0.1, -0.05) is 6.42 Å². The molecule has 1 amide bonds. The standard InChI is InChI=1S/C13H22N4OS/c1-17(2)13(18)11-7-8-12(16-15-11)14-9-5-4-6-10-19-3/h7-8H,4-6,9-10H2,1-3H3,(H,14,16). The molecule has 0 saturated heterocycles. The molecule has 0 aromatic carbocycles. The SMILES string of the molecule is CSCCCCCNc1ccc(C(=O)N(C)C)nn1. The van der Waals surface area contributed by atoms with Crippen LogP contribution in [0.3, 0.4) is 0 Å². The number of carbonyl (C=O) groups is 1. The lowest BCUT2D eigenvalue weighted by Gasteiger charge is -2.09. The number of hydrogen-bond donors (Lipinski definition) is 1. The Morgan fingerprint density at radius 2 is 2.05 bits per heavy atom. The van der Waals surface area contributed by atoms with Gasteiger partial charge in [0.15, 0.2) is 5.69 Å². The van der Waals surface area contributed by atoms with E-state index in [0.717, 1.165) is 18.8 Å². The summed E-state index contributed by atoms with van der Waals surface area (Å²) in [6, 6.07) is 3.50. The van der Waals surface area contributed by atoms with Crippen LogP contribution in [0.2, 0.25) is 0 Å². The fraction of sp³-hybridized carbons (Fsp3) is 0.615. The Labute approximate surface area is 119 Å². The smallest absolute Gasteiger partial charge is 0.273 e. The zero-order chi connectivity index (χ0) is 14.1. The minimum Gasteiger partial charge on any atom is -0.369 e. The van der Waals surface area contributed by atoms with Crippen LogP contribution in [0.15, 0.2) is 12.1 Å². The molecule has 6 heteroatoms. The van der Waals surface area contributed by atoms with Crippen LogP contribution >= 0.6 is 11.8 Å². The van der Waals surface area contributed by atoms with Gasteiger partial charge >= 0.3 is 0 Å². The second-order valence-electron chi connectivity index (χ2n) is 4.48. The number of nitrogens with zero attached hydrogens (tertiary/aromatic N) is 3. The van der Waals surface area contributed by atoms with Crippen LogP contribution in [0.1, 0.15) is 29.8 Å².